The molecule has 1 atom stereocenters. The van der Waals surface area contributed by atoms with Crippen LogP contribution in [0.4, 0.5) is 13.2 Å². The molecule has 2 aliphatic heterocycles. The predicted octanol–water partition coefficient (Wildman–Crippen LogP) is 5.33. The summed E-state index contributed by atoms with van der Waals surface area (Å²) in [5.74, 6) is 0.950. The minimum absolute atomic E-state index is 0.0275. The molecule has 3 heterocycles. The monoisotopic (exact) mass is 493 g/mol. The SMILES string of the molecule is CCC1CN(C)C2(CCN(C(=O)c3ccc(OC(C)C)c(OC)c3)CC2)c2ccc(C(F)(F)F)n21. The molecule has 0 saturated carbocycles. The van der Waals surface area contributed by atoms with E-state index >= 15 is 0 Å². The molecule has 0 radical (unpaired) electrons. The molecule has 1 unspecified atom stereocenters. The van der Waals surface area contributed by atoms with Crippen molar-refractivity contribution in [3.8, 4) is 11.5 Å². The highest BCUT2D eigenvalue weighted by Gasteiger charge is 2.49. The van der Waals surface area contributed by atoms with Crippen LogP contribution in [-0.2, 0) is 11.7 Å². The van der Waals surface area contributed by atoms with Crippen molar-refractivity contribution in [3.63, 3.8) is 0 Å². The first-order chi connectivity index (χ1) is 16.5. The van der Waals surface area contributed by atoms with Gasteiger partial charge in [0.15, 0.2) is 11.5 Å². The molecule has 0 bridgehead atoms. The Morgan fingerprint density at radius 2 is 1.83 bits per heavy atom. The molecule has 0 N–H and O–H groups in total. The lowest BCUT2D eigenvalue weighted by Crippen LogP contribution is -2.57. The number of piperidine rings is 1. The third-order valence-corrected chi connectivity index (χ3v) is 7.39. The number of amides is 1. The Balaban J connectivity index is 1.57. The van der Waals surface area contributed by atoms with Gasteiger partial charge in [-0.2, -0.15) is 13.2 Å². The Kier molecular flexibility index (Phi) is 6.83. The third kappa shape index (κ3) is 4.50. The van der Waals surface area contributed by atoms with E-state index in [1.54, 1.807) is 29.2 Å². The van der Waals surface area contributed by atoms with Crippen LogP contribution in [0.1, 0.15) is 67.8 Å². The number of likely N-dealkylation sites (tertiary alicyclic amines) is 1. The highest BCUT2D eigenvalue weighted by atomic mass is 19.4. The molecular weight excluding hydrogens is 459 g/mol. The molecule has 9 heteroatoms. The van der Waals surface area contributed by atoms with Gasteiger partial charge < -0.3 is 18.9 Å². The van der Waals surface area contributed by atoms with Crippen molar-refractivity contribution in [2.24, 2.45) is 0 Å². The Morgan fingerprint density at radius 3 is 2.40 bits per heavy atom. The molecule has 2 aliphatic rings. The number of aromatic nitrogens is 1. The summed E-state index contributed by atoms with van der Waals surface area (Å²) in [4.78, 5) is 17.3. The number of nitrogens with zero attached hydrogens (tertiary/aromatic N) is 3. The van der Waals surface area contributed by atoms with Crippen molar-refractivity contribution in [1.29, 1.82) is 0 Å². The van der Waals surface area contributed by atoms with E-state index in [2.05, 4.69) is 4.90 Å². The zero-order valence-electron chi connectivity index (χ0n) is 21.0. The summed E-state index contributed by atoms with van der Waals surface area (Å²) in [6, 6.07) is 7.77. The number of carbonyl (C=O) groups excluding carboxylic acids is 1. The van der Waals surface area contributed by atoms with Crippen LogP contribution in [0.25, 0.3) is 0 Å². The maximum atomic E-state index is 13.8. The first kappa shape index (κ1) is 25.4. The summed E-state index contributed by atoms with van der Waals surface area (Å²) < 4.78 is 54.0. The molecule has 192 valence electrons. The van der Waals surface area contributed by atoms with Gasteiger partial charge >= 0.3 is 6.18 Å². The first-order valence-electron chi connectivity index (χ1n) is 12.2. The predicted molar refractivity (Wildman–Crippen MR) is 127 cm³/mol. The largest absolute Gasteiger partial charge is 0.493 e. The normalized spacial score (nSPS) is 20.3. The highest BCUT2D eigenvalue weighted by Crippen LogP contribution is 2.47. The quantitative estimate of drug-likeness (QED) is 0.565. The summed E-state index contributed by atoms with van der Waals surface area (Å²) >= 11 is 0. The number of ether oxygens (including phenoxy) is 2. The summed E-state index contributed by atoms with van der Waals surface area (Å²) in [7, 11) is 3.52. The molecule has 1 amide bonds. The van der Waals surface area contributed by atoms with E-state index in [4.69, 9.17) is 9.47 Å². The minimum atomic E-state index is -4.40. The van der Waals surface area contributed by atoms with Crippen molar-refractivity contribution in [1.82, 2.24) is 14.4 Å². The van der Waals surface area contributed by atoms with Crippen molar-refractivity contribution in [2.45, 2.75) is 63.9 Å². The summed E-state index contributed by atoms with van der Waals surface area (Å²) in [5.41, 5.74) is 0.0914. The van der Waals surface area contributed by atoms with Gasteiger partial charge in [-0.3, -0.25) is 9.69 Å². The Labute approximate surface area is 204 Å². The maximum absolute atomic E-state index is 13.8. The fraction of sp³-hybridized carbons (Fsp3) is 0.577. The van der Waals surface area contributed by atoms with Crippen molar-refractivity contribution in [3.05, 3.63) is 47.3 Å². The van der Waals surface area contributed by atoms with E-state index in [0.717, 1.165) is 0 Å². The lowest BCUT2D eigenvalue weighted by Gasteiger charge is -2.52. The van der Waals surface area contributed by atoms with Gasteiger partial charge in [-0.15, -0.1) is 0 Å². The summed E-state index contributed by atoms with van der Waals surface area (Å²) in [6.45, 7) is 7.22. The first-order valence-corrected chi connectivity index (χ1v) is 12.2. The second kappa shape index (κ2) is 9.41. The number of benzene rings is 1. The number of halogens is 3. The molecule has 35 heavy (non-hydrogen) atoms. The molecule has 4 rings (SSSR count). The number of hydrogen-bond donors (Lipinski definition) is 0. The third-order valence-electron chi connectivity index (χ3n) is 7.39. The van der Waals surface area contributed by atoms with Gasteiger partial charge in [0.1, 0.15) is 5.69 Å². The molecular formula is C26H34F3N3O3. The summed E-state index contributed by atoms with van der Waals surface area (Å²) in [6.07, 6.45) is -2.67. The number of fused-ring (bicyclic) bond motifs is 2. The van der Waals surface area contributed by atoms with Crippen LogP contribution in [0.2, 0.25) is 0 Å². The van der Waals surface area contributed by atoms with Gasteiger partial charge in [-0.05, 0) is 70.5 Å². The smallest absolute Gasteiger partial charge is 0.431 e. The van der Waals surface area contributed by atoms with Crippen LogP contribution in [0.15, 0.2) is 30.3 Å². The topological polar surface area (TPSA) is 46.9 Å². The minimum Gasteiger partial charge on any atom is -0.493 e. The number of hydrogen-bond acceptors (Lipinski definition) is 4. The molecule has 2 aromatic rings. The maximum Gasteiger partial charge on any atom is 0.431 e. The van der Waals surface area contributed by atoms with E-state index < -0.39 is 17.4 Å². The lowest BCUT2D eigenvalue weighted by molar-refractivity contribution is -0.146. The van der Waals surface area contributed by atoms with Gasteiger partial charge in [0.2, 0.25) is 0 Å². The van der Waals surface area contributed by atoms with Crippen molar-refractivity contribution >= 4 is 5.91 Å². The van der Waals surface area contributed by atoms with Crippen molar-refractivity contribution < 1.29 is 27.4 Å². The molecule has 1 aromatic carbocycles. The van der Waals surface area contributed by atoms with Crippen LogP contribution >= 0.6 is 0 Å². The molecule has 0 aliphatic carbocycles. The molecule has 1 fully saturated rings. The molecule has 1 aromatic heterocycles. The lowest BCUT2D eigenvalue weighted by atomic mass is 9.80. The molecule has 1 saturated heterocycles. The van der Waals surface area contributed by atoms with Crippen LogP contribution in [0.5, 0.6) is 11.5 Å². The Morgan fingerprint density at radius 1 is 1.14 bits per heavy atom. The standard InChI is InChI=1S/C26H34F3N3O3/c1-6-19-16-30(4)25(22-9-10-23(32(19)22)26(27,28)29)11-13-31(14-12-25)24(33)18-7-8-20(35-17(2)3)21(15-18)34-5/h7-10,15,17,19H,6,11-14,16H2,1-5H3. The van der Waals surface area contributed by atoms with E-state index in [1.165, 1.54) is 17.7 Å². The van der Waals surface area contributed by atoms with Crippen LogP contribution in [-0.4, -0.2) is 60.2 Å². The fourth-order valence-electron chi connectivity index (χ4n) is 5.58. The van der Waals surface area contributed by atoms with Gasteiger partial charge in [-0.25, -0.2) is 0 Å². The van der Waals surface area contributed by atoms with Gasteiger partial charge in [0, 0.05) is 36.9 Å². The van der Waals surface area contributed by atoms with Gasteiger partial charge in [-0.1, -0.05) is 6.92 Å². The van der Waals surface area contributed by atoms with E-state index in [9.17, 15) is 18.0 Å². The van der Waals surface area contributed by atoms with Crippen LogP contribution < -0.4 is 9.47 Å². The van der Waals surface area contributed by atoms with Crippen LogP contribution in [0, 0.1) is 0 Å². The number of methoxy groups -OCH3 is 1. The van der Waals surface area contributed by atoms with E-state index in [0.29, 0.717) is 61.7 Å². The van der Waals surface area contributed by atoms with E-state index in [1.807, 2.05) is 27.8 Å². The van der Waals surface area contributed by atoms with Gasteiger partial charge in [0.25, 0.3) is 5.91 Å². The zero-order chi connectivity index (χ0) is 25.5. The number of carbonyl (C=O) groups is 1. The fourth-order valence-corrected chi connectivity index (χ4v) is 5.58. The second-order valence-electron chi connectivity index (χ2n) is 9.77. The molecule has 6 nitrogen and oxygen atoms in total. The Bertz CT molecular complexity index is 1070. The van der Waals surface area contributed by atoms with E-state index in [-0.39, 0.29) is 18.1 Å². The summed E-state index contributed by atoms with van der Waals surface area (Å²) in [5, 5.41) is 0. The van der Waals surface area contributed by atoms with Crippen LogP contribution in [0.3, 0.4) is 0 Å². The average molecular weight is 494 g/mol. The second-order valence-corrected chi connectivity index (χ2v) is 9.77. The van der Waals surface area contributed by atoms with Crippen molar-refractivity contribution in [2.75, 3.05) is 33.8 Å². The highest BCUT2D eigenvalue weighted by molar-refractivity contribution is 5.95. The Hall–Kier alpha value is -2.68. The molecule has 1 spiro atoms. The number of likely N-dealkylation sites (N-methyl/N-ethyl adjacent to an activating group) is 1. The average Bonchev–Trinajstić information content (AvgIpc) is 3.28. The van der Waals surface area contributed by atoms with Gasteiger partial charge in [0.05, 0.1) is 18.8 Å². The zero-order valence-corrected chi connectivity index (χ0v) is 21.0. The number of alkyl halides is 3. The number of rotatable bonds is 5.